The van der Waals surface area contributed by atoms with E-state index in [0.29, 0.717) is 17.1 Å². The maximum atomic E-state index is 13.5. The van der Waals surface area contributed by atoms with Crippen molar-refractivity contribution in [3.05, 3.63) is 100 Å². The van der Waals surface area contributed by atoms with E-state index in [1.165, 1.54) is 5.56 Å². The number of hydrogen-bond donors (Lipinski definition) is 1. The van der Waals surface area contributed by atoms with Gasteiger partial charge in [-0.3, -0.25) is 4.79 Å². The fraction of sp³-hybridized carbons (Fsp3) is 0.160. The van der Waals surface area contributed by atoms with Gasteiger partial charge in [0.25, 0.3) is 5.91 Å². The van der Waals surface area contributed by atoms with Gasteiger partial charge in [0.15, 0.2) is 0 Å². The molecule has 150 valence electrons. The Morgan fingerprint density at radius 2 is 1.83 bits per heavy atom. The van der Waals surface area contributed by atoms with Crippen molar-refractivity contribution in [3.8, 4) is 5.75 Å². The molecule has 30 heavy (non-hydrogen) atoms. The lowest BCUT2D eigenvalue weighted by atomic mass is 9.91. The Morgan fingerprint density at radius 3 is 2.60 bits per heavy atom. The van der Waals surface area contributed by atoms with Crippen LogP contribution in [0.15, 0.2) is 72.8 Å². The molecule has 0 spiro atoms. The standard InChI is InChI=1S/C25H21ClN2O2/c1-30-17-11-12-22-20(15-17)18-13-14-28(25(29)16-7-3-2-4-8-16)24(23(18)27-22)19-9-5-6-10-21(19)26/h2-12,15,24,27H,13-14H2,1H3. The maximum Gasteiger partial charge on any atom is 0.254 e. The van der Waals surface area contributed by atoms with Gasteiger partial charge in [0.1, 0.15) is 5.75 Å². The molecule has 5 rings (SSSR count). The van der Waals surface area contributed by atoms with Gasteiger partial charge in [0.05, 0.1) is 13.2 Å². The van der Waals surface area contributed by atoms with Crippen LogP contribution >= 0.6 is 11.6 Å². The summed E-state index contributed by atoms with van der Waals surface area (Å²) in [7, 11) is 1.67. The minimum atomic E-state index is -0.284. The van der Waals surface area contributed by atoms with Crippen molar-refractivity contribution in [2.45, 2.75) is 12.5 Å². The third kappa shape index (κ3) is 3.04. The normalized spacial score (nSPS) is 15.8. The Kier molecular flexibility index (Phi) is 4.72. The number of hydrogen-bond acceptors (Lipinski definition) is 2. The molecule has 0 aliphatic carbocycles. The number of nitrogens with one attached hydrogen (secondary N) is 1. The quantitative estimate of drug-likeness (QED) is 0.471. The van der Waals surface area contributed by atoms with Crippen molar-refractivity contribution in [2.75, 3.05) is 13.7 Å². The number of H-pyrrole nitrogens is 1. The van der Waals surface area contributed by atoms with Gasteiger partial charge in [-0.2, -0.15) is 0 Å². The van der Waals surface area contributed by atoms with E-state index >= 15 is 0 Å². The number of rotatable bonds is 3. The van der Waals surface area contributed by atoms with Crippen LogP contribution in [0.1, 0.15) is 33.2 Å². The summed E-state index contributed by atoms with van der Waals surface area (Å²) in [5.74, 6) is 0.823. The van der Waals surface area contributed by atoms with Gasteiger partial charge < -0.3 is 14.6 Å². The second-order valence-electron chi connectivity index (χ2n) is 7.47. The lowest BCUT2D eigenvalue weighted by Gasteiger charge is -2.36. The van der Waals surface area contributed by atoms with Crippen LogP contribution < -0.4 is 4.74 Å². The van der Waals surface area contributed by atoms with Crippen molar-refractivity contribution in [2.24, 2.45) is 0 Å². The number of fused-ring (bicyclic) bond motifs is 3. The molecular weight excluding hydrogens is 396 g/mol. The van der Waals surface area contributed by atoms with Crippen LogP contribution in [0.4, 0.5) is 0 Å². The molecule has 1 unspecified atom stereocenters. The van der Waals surface area contributed by atoms with Crippen molar-refractivity contribution in [1.29, 1.82) is 0 Å². The van der Waals surface area contributed by atoms with Gasteiger partial charge in [-0.25, -0.2) is 0 Å². The number of aromatic amines is 1. The Labute approximate surface area is 180 Å². The van der Waals surface area contributed by atoms with Crippen LogP contribution in [-0.4, -0.2) is 29.4 Å². The number of methoxy groups -OCH3 is 1. The smallest absolute Gasteiger partial charge is 0.254 e. The average Bonchev–Trinajstić information content (AvgIpc) is 3.17. The molecular formula is C25H21ClN2O2. The molecule has 2 heterocycles. The first-order valence-electron chi connectivity index (χ1n) is 9.96. The molecule has 1 aliphatic heterocycles. The summed E-state index contributed by atoms with van der Waals surface area (Å²) >= 11 is 6.61. The molecule has 1 amide bonds. The van der Waals surface area contributed by atoms with Crippen LogP contribution in [0.2, 0.25) is 5.02 Å². The van der Waals surface area contributed by atoms with Crippen LogP contribution in [0.25, 0.3) is 10.9 Å². The lowest BCUT2D eigenvalue weighted by Crippen LogP contribution is -2.40. The van der Waals surface area contributed by atoms with E-state index in [1.54, 1.807) is 7.11 Å². The number of carbonyl (C=O) groups is 1. The zero-order chi connectivity index (χ0) is 20.7. The topological polar surface area (TPSA) is 45.3 Å². The van der Waals surface area contributed by atoms with Crippen molar-refractivity contribution >= 4 is 28.4 Å². The van der Waals surface area contributed by atoms with E-state index in [1.807, 2.05) is 71.6 Å². The molecule has 0 saturated carbocycles. The highest BCUT2D eigenvalue weighted by Crippen LogP contribution is 2.41. The Balaban J connectivity index is 1.69. The summed E-state index contributed by atoms with van der Waals surface area (Å²) in [5, 5.41) is 1.78. The molecule has 3 aromatic carbocycles. The SMILES string of the molecule is COc1ccc2[nH]c3c(c2c1)CCN(C(=O)c1ccccc1)C3c1ccccc1Cl. The van der Waals surface area contributed by atoms with E-state index in [4.69, 9.17) is 16.3 Å². The minimum Gasteiger partial charge on any atom is -0.497 e. The number of carbonyl (C=O) groups excluding carboxylic acids is 1. The maximum absolute atomic E-state index is 13.5. The summed E-state index contributed by atoms with van der Waals surface area (Å²) in [4.78, 5) is 19.0. The van der Waals surface area contributed by atoms with Gasteiger partial charge in [-0.1, -0.05) is 48.0 Å². The summed E-state index contributed by atoms with van der Waals surface area (Å²) in [5.41, 5.74) is 4.86. The first-order chi connectivity index (χ1) is 14.7. The average molecular weight is 417 g/mol. The third-order valence-electron chi connectivity index (χ3n) is 5.82. The van der Waals surface area contributed by atoms with Crippen LogP contribution in [0, 0.1) is 0 Å². The summed E-state index contributed by atoms with van der Waals surface area (Å²) in [6.07, 6.45) is 0.766. The number of ether oxygens (including phenoxy) is 1. The first kappa shape index (κ1) is 18.8. The molecule has 5 heteroatoms. The van der Waals surface area contributed by atoms with Crippen molar-refractivity contribution in [1.82, 2.24) is 9.88 Å². The monoisotopic (exact) mass is 416 g/mol. The van der Waals surface area contributed by atoms with Crippen LogP contribution in [0.3, 0.4) is 0 Å². The predicted molar refractivity (Wildman–Crippen MR) is 119 cm³/mol. The number of benzene rings is 3. The number of amides is 1. The third-order valence-corrected chi connectivity index (χ3v) is 6.16. The minimum absolute atomic E-state index is 0.00223. The van der Waals surface area contributed by atoms with Gasteiger partial charge >= 0.3 is 0 Å². The van der Waals surface area contributed by atoms with E-state index < -0.39 is 0 Å². The molecule has 0 bridgehead atoms. The molecule has 4 nitrogen and oxygen atoms in total. The Bertz CT molecular complexity index is 1230. The molecule has 1 atom stereocenters. The first-order valence-corrected chi connectivity index (χ1v) is 10.3. The Morgan fingerprint density at radius 1 is 1.07 bits per heavy atom. The van der Waals surface area contributed by atoms with Gasteiger partial charge in [0, 0.05) is 33.7 Å². The molecule has 1 N–H and O–H groups in total. The van der Waals surface area contributed by atoms with Crippen LogP contribution in [0.5, 0.6) is 5.75 Å². The van der Waals surface area contributed by atoms with Gasteiger partial charge in [-0.05, 0) is 53.9 Å². The summed E-state index contributed by atoms with van der Waals surface area (Å²) < 4.78 is 5.43. The molecule has 0 radical (unpaired) electrons. The summed E-state index contributed by atoms with van der Waals surface area (Å²) in [6, 6.07) is 22.9. The molecule has 0 saturated heterocycles. The predicted octanol–water partition coefficient (Wildman–Crippen LogP) is 5.62. The molecule has 0 fully saturated rings. The van der Waals surface area contributed by atoms with Crippen molar-refractivity contribution in [3.63, 3.8) is 0 Å². The van der Waals surface area contributed by atoms with E-state index in [0.717, 1.165) is 34.3 Å². The summed E-state index contributed by atoms with van der Waals surface area (Å²) in [6.45, 7) is 0.612. The van der Waals surface area contributed by atoms with Gasteiger partial charge in [0.2, 0.25) is 0 Å². The second-order valence-corrected chi connectivity index (χ2v) is 7.87. The second kappa shape index (κ2) is 7.54. The zero-order valence-corrected chi connectivity index (χ0v) is 17.3. The van der Waals surface area contributed by atoms with E-state index in [9.17, 15) is 4.79 Å². The van der Waals surface area contributed by atoms with E-state index in [-0.39, 0.29) is 11.9 Å². The lowest BCUT2D eigenvalue weighted by molar-refractivity contribution is 0.0692. The highest BCUT2D eigenvalue weighted by Gasteiger charge is 2.35. The molecule has 1 aliphatic rings. The van der Waals surface area contributed by atoms with E-state index in [2.05, 4.69) is 11.1 Å². The fourth-order valence-corrected chi connectivity index (χ4v) is 4.62. The number of nitrogens with zero attached hydrogens (tertiary/aromatic N) is 1. The zero-order valence-electron chi connectivity index (χ0n) is 16.6. The van der Waals surface area contributed by atoms with Gasteiger partial charge in [-0.15, -0.1) is 0 Å². The number of halogens is 1. The highest BCUT2D eigenvalue weighted by molar-refractivity contribution is 6.31. The number of aromatic nitrogens is 1. The fourth-order valence-electron chi connectivity index (χ4n) is 4.38. The highest BCUT2D eigenvalue weighted by atomic mass is 35.5. The largest absolute Gasteiger partial charge is 0.497 e. The van der Waals surface area contributed by atoms with Crippen LogP contribution in [-0.2, 0) is 6.42 Å². The molecule has 4 aromatic rings. The Hall–Kier alpha value is -3.24. The molecule has 1 aromatic heterocycles. The van der Waals surface area contributed by atoms with Crippen molar-refractivity contribution < 1.29 is 9.53 Å².